The highest BCUT2D eigenvalue weighted by Gasteiger charge is 2.59. The first-order chi connectivity index (χ1) is 7.91. The minimum atomic E-state index is 0.256. The Morgan fingerprint density at radius 3 is 2.65 bits per heavy atom. The van der Waals surface area contributed by atoms with E-state index in [4.69, 9.17) is 12.2 Å². The van der Waals surface area contributed by atoms with Crippen LogP contribution in [0.25, 0.3) is 0 Å². The van der Waals surface area contributed by atoms with Crippen molar-refractivity contribution in [2.45, 2.75) is 47.0 Å². The SMILES string of the molecule is CCNC(=S)N/N=C1/C[C@@H]2CC[C@]1(C)C2(C)C. The lowest BCUT2D eigenvalue weighted by atomic mass is 9.70. The molecule has 0 spiro atoms. The van der Waals surface area contributed by atoms with E-state index in [1.807, 2.05) is 6.92 Å². The lowest BCUT2D eigenvalue weighted by Gasteiger charge is -2.34. The van der Waals surface area contributed by atoms with Crippen LogP contribution < -0.4 is 10.7 Å². The van der Waals surface area contributed by atoms with Crippen molar-refractivity contribution in [3.8, 4) is 0 Å². The summed E-state index contributed by atoms with van der Waals surface area (Å²) in [4.78, 5) is 0. The van der Waals surface area contributed by atoms with E-state index in [0.717, 1.165) is 18.9 Å². The molecule has 2 aliphatic rings. The van der Waals surface area contributed by atoms with E-state index in [1.165, 1.54) is 18.6 Å². The molecule has 2 aliphatic carbocycles. The fourth-order valence-corrected chi connectivity index (χ4v) is 3.61. The third kappa shape index (κ3) is 1.86. The van der Waals surface area contributed by atoms with Gasteiger partial charge in [0.25, 0.3) is 0 Å². The van der Waals surface area contributed by atoms with Gasteiger partial charge in [-0.1, -0.05) is 20.8 Å². The molecule has 0 saturated heterocycles. The van der Waals surface area contributed by atoms with Crippen molar-refractivity contribution in [3.63, 3.8) is 0 Å². The number of hydrazone groups is 1. The van der Waals surface area contributed by atoms with Crippen molar-refractivity contribution in [1.29, 1.82) is 0 Å². The van der Waals surface area contributed by atoms with Gasteiger partial charge in [-0.25, -0.2) is 0 Å². The Morgan fingerprint density at radius 1 is 1.47 bits per heavy atom. The zero-order valence-corrected chi connectivity index (χ0v) is 12.1. The number of thiocarbonyl (C=S) groups is 1. The second-order valence-corrected chi connectivity index (χ2v) is 6.43. The number of rotatable bonds is 2. The third-order valence-electron chi connectivity index (χ3n) is 5.14. The van der Waals surface area contributed by atoms with Gasteiger partial charge in [-0.3, -0.25) is 5.43 Å². The van der Waals surface area contributed by atoms with Crippen molar-refractivity contribution in [2.24, 2.45) is 21.8 Å². The zero-order valence-electron chi connectivity index (χ0n) is 11.3. The van der Waals surface area contributed by atoms with Gasteiger partial charge >= 0.3 is 0 Å². The molecule has 0 aromatic heterocycles. The summed E-state index contributed by atoms with van der Waals surface area (Å²) in [6.45, 7) is 9.99. The summed E-state index contributed by atoms with van der Waals surface area (Å²) >= 11 is 5.14. The summed E-state index contributed by atoms with van der Waals surface area (Å²) in [5.41, 5.74) is 4.92. The highest BCUT2D eigenvalue weighted by Crippen LogP contribution is 2.63. The average molecular weight is 253 g/mol. The Bertz CT molecular complexity index is 362. The molecule has 0 aromatic rings. The average Bonchev–Trinajstić information content (AvgIpc) is 2.59. The van der Waals surface area contributed by atoms with Crippen LogP contribution >= 0.6 is 12.2 Å². The summed E-state index contributed by atoms with van der Waals surface area (Å²) in [5, 5.41) is 8.24. The molecule has 2 bridgehead atoms. The van der Waals surface area contributed by atoms with Crippen LogP contribution in [0.4, 0.5) is 0 Å². The van der Waals surface area contributed by atoms with Gasteiger partial charge in [0.2, 0.25) is 0 Å². The van der Waals surface area contributed by atoms with Gasteiger partial charge in [0, 0.05) is 17.7 Å². The standard InChI is InChI=1S/C13H23N3S/c1-5-14-11(17)16-15-10-8-9-6-7-13(10,4)12(9,2)3/h9H,5-8H2,1-4H3,(H2,14,16,17)/b15-10-/t9-,13-/m0/s1. The Morgan fingerprint density at radius 2 is 2.18 bits per heavy atom. The van der Waals surface area contributed by atoms with Crippen molar-refractivity contribution >= 4 is 23.0 Å². The molecule has 0 amide bonds. The van der Waals surface area contributed by atoms with Gasteiger partial charge in [0.15, 0.2) is 5.11 Å². The highest BCUT2D eigenvalue weighted by atomic mass is 32.1. The number of hydrogen-bond acceptors (Lipinski definition) is 2. The number of nitrogens with zero attached hydrogens (tertiary/aromatic N) is 1. The van der Waals surface area contributed by atoms with E-state index >= 15 is 0 Å². The second kappa shape index (κ2) is 4.23. The Labute approximate surface area is 109 Å². The molecule has 96 valence electrons. The van der Waals surface area contributed by atoms with Crippen molar-refractivity contribution in [1.82, 2.24) is 10.7 Å². The highest BCUT2D eigenvalue weighted by molar-refractivity contribution is 7.80. The fraction of sp³-hybridized carbons (Fsp3) is 0.846. The molecule has 2 rings (SSSR count). The Kier molecular flexibility index (Phi) is 3.19. The van der Waals surface area contributed by atoms with E-state index < -0.39 is 0 Å². The minimum Gasteiger partial charge on any atom is -0.362 e. The van der Waals surface area contributed by atoms with Gasteiger partial charge in [-0.2, -0.15) is 5.10 Å². The molecular weight excluding hydrogens is 230 g/mol. The lowest BCUT2D eigenvalue weighted by molar-refractivity contribution is 0.193. The first-order valence-corrected chi connectivity index (χ1v) is 6.93. The Hall–Kier alpha value is -0.640. The van der Waals surface area contributed by atoms with Crippen LogP contribution in [0, 0.1) is 16.7 Å². The molecule has 4 heteroatoms. The normalized spacial score (nSPS) is 36.2. The largest absolute Gasteiger partial charge is 0.362 e. The molecule has 0 unspecified atom stereocenters. The quantitative estimate of drug-likeness (QED) is 0.587. The van der Waals surface area contributed by atoms with E-state index in [9.17, 15) is 0 Å². The minimum absolute atomic E-state index is 0.256. The Balaban J connectivity index is 2.10. The van der Waals surface area contributed by atoms with Crippen LogP contribution in [0.3, 0.4) is 0 Å². The van der Waals surface area contributed by atoms with E-state index in [2.05, 4.69) is 36.6 Å². The lowest BCUT2D eigenvalue weighted by Crippen LogP contribution is -2.36. The molecule has 2 N–H and O–H groups in total. The summed E-state index contributed by atoms with van der Waals surface area (Å²) in [6.07, 6.45) is 3.74. The molecule has 0 aliphatic heterocycles. The molecule has 2 atom stereocenters. The molecule has 2 fully saturated rings. The molecule has 0 heterocycles. The predicted octanol–water partition coefficient (Wildman–Crippen LogP) is 2.67. The van der Waals surface area contributed by atoms with Crippen LogP contribution in [0.15, 0.2) is 5.10 Å². The predicted molar refractivity (Wildman–Crippen MR) is 76.1 cm³/mol. The van der Waals surface area contributed by atoms with Crippen LogP contribution in [-0.2, 0) is 0 Å². The van der Waals surface area contributed by atoms with Crippen molar-refractivity contribution in [2.75, 3.05) is 6.54 Å². The fourth-order valence-electron chi connectivity index (χ4n) is 3.42. The molecule has 17 heavy (non-hydrogen) atoms. The monoisotopic (exact) mass is 253 g/mol. The maximum atomic E-state index is 5.14. The smallest absolute Gasteiger partial charge is 0.186 e. The first kappa shape index (κ1) is 12.8. The third-order valence-corrected chi connectivity index (χ3v) is 5.38. The summed E-state index contributed by atoms with van der Waals surface area (Å²) in [7, 11) is 0. The molecule has 0 radical (unpaired) electrons. The maximum absolute atomic E-state index is 5.14. The topological polar surface area (TPSA) is 36.4 Å². The first-order valence-electron chi connectivity index (χ1n) is 6.52. The van der Waals surface area contributed by atoms with E-state index in [-0.39, 0.29) is 5.41 Å². The summed E-state index contributed by atoms with van der Waals surface area (Å²) in [6, 6.07) is 0. The zero-order chi connectivity index (χ0) is 12.7. The van der Waals surface area contributed by atoms with Gasteiger partial charge < -0.3 is 5.32 Å². The van der Waals surface area contributed by atoms with E-state index in [0.29, 0.717) is 10.5 Å². The van der Waals surface area contributed by atoms with Crippen molar-refractivity contribution in [3.05, 3.63) is 0 Å². The second-order valence-electron chi connectivity index (χ2n) is 6.02. The van der Waals surface area contributed by atoms with Gasteiger partial charge in [0.05, 0.1) is 0 Å². The van der Waals surface area contributed by atoms with Gasteiger partial charge in [-0.15, -0.1) is 0 Å². The molecule has 3 nitrogen and oxygen atoms in total. The number of hydrogen-bond donors (Lipinski definition) is 2. The van der Waals surface area contributed by atoms with Crippen LogP contribution in [0.2, 0.25) is 0 Å². The van der Waals surface area contributed by atoms with Gasteiger partial charge in [-0.05, 0) is 49.7 Å². The van der Waals surface area contributed by atoms with Crippen molar-refractivity contribution < 1.29 is 0 Å². The summed E-state index contributed by atoms with van der Waals surface area (Å²) in [5.74, 6) is 0.792. The maximum Gasteiger partial charge on any atom is 0.186 e. The molecular formula is C13H23N3S. The number of fused-ring (bicyclic) bond motifs is 2. The van der Waals surface area contributed by atoms with Gasteiger partial charge in [0.1, 0.15) is 0 Å². The number of nitrogens with one attached hydrogen (secondary N) is 2. The molecule has 2 saturated carbocycles. The van der Waals surface area contributed by atoms with Crippen LogP contribution in [0.5, 0.6) is 0 Å². The molecule has 0 aromatic carbocycles. The van der Waals surface area contributed by atoms with Crippen LogP contribution in [0.1, 0.15) is 47.0 Å². The van der Waals surface area contributed by atoms with Crippen LogP contribution in [-0.4, -0.2) is 17.4 Å². The summed E-state index contributed by atoms with van der Waals surface area (Å²) < 4.78 is 0. The van der Waals surface area contributed by atoms with E-state index in [1.54, 1.807) is 0 Å².